The number of imide groups is 1. The van der Waals surface area contributed by atoms with Crippen LogP contribution in [0.2, 0.25) is 0 Å². The Hall–Kier alpha value is -1.59. The predicted octanol–water partition coefficient (Wildman–Crippen LogP) is 1.17. The normalized spacial score (nSPS) is 10.3. The predicted molar refractivity (Wildman–Crippen MR) is 51.7 cm³/mol. The monoisotopic (exact) mass is 213 g/mol. The molecule has 0 atom stereocenters. The van der Waals surface area contributed by atoms with Crippen molar-refractivity contribution in [2.75, 3.05) is 0 Å². The van der Waals surface area contributed by atoms with Crippen molar-refractivity contribution in [3.8, 4) is 0 Å². The Balaban J connectivity index is 4.85. The molecule has 0 fully saturated rings. The number of rotatable bonds is 4. The van der Waals surface area contributed by atoms with E-state index in [1.54, 1.807) is 27.7 Å². The molecule has 0 aliphatic rings. The van der Waals surface area contributed by atoms with E-state index >= 15 is 0 Å². The highest BCUT2D eigenvalue weighted by molar-refractivity contribution is 6.39. The van der Waals surface area contributed by atoms with Crippen LogP contribution in [-0.4, -0.2) is 22.6 Å². The van der Waals surface area contributed by atoms with Crippen molar-refractivity contribution in [2.45, 2.75) is 27.7 Å². The first kappa shape index (κ1) is 13.4. The Labute approximate surface area is 88.1 Å². The van der Waals surface area contributed by atoms with Gasteiger partial charge >= 0.3 is 5.91 Å². The molecule has 0 saturated heterocycles. The molecule has 6 nitrogen and oxygen atoms in total. The van der Waals surface area contributed by atoms with Crippen molar-refractivity contribution in [2.24, 2.45) is 17.1 Å². The Morgan fingerprint density at radius 2 is 1.53 bits per heavy atom. The van der Waals surface area contributed by atoms with Crippen LogP contribution in [0.15, 0.2) is 5.22 Å². The van der Waals surface area contributed by atoms with Gasteiger partial charge in [-0.3, -0.25) is 14.4 Å². The van der Waals surface area contributed by atoms with Gasteiger partial charge in [0.05, 0.1) is 0 Å². The summed E-state index contributed by atoms with van der Waals surface area (Å²) in [6, 6.07) is 0. The molecule has 0 rings (SSSR count). The fourth-order valence-corrected chi connectivity index (χ4v) is 0.791. The number of nitrogens with one attached hydrogen (secondary N) is 1. The van der Waals surface area contributed by atoms with Gasteiger partial charge in [0.25, 0.3) is 5.91 Å². The number of ketones is 1. The van der Waals surface area contributed by atoms with Gasteiger partial charge in [0, 0.05) is 11.8 Å². The first-order valence-corrected chi connectivity index (χ1v) is 4.62. The minimum atomic E-state index is -1.04. The highest BCUT2D eigenvalue weighted by atomic mass is 16.2. The summed E-state index contributed by atoms with van der Waals surface area (Å²) >= 11 is 0. The lowest BCUT2D eigenvalue weighted by Crippen LogP contribution is -2.40. The second kappa shape index (κ2) is 5.33. The van der Waals surface area contributed by atoms with Crippen molar-refractivity contribution in [3.63, 3.8) is 0 Å². The molecule has 15 heavy (non-hydrogen) atoms. The van der Waals surface area contributed by atoms with Gasteiger partial charge in [0.2, 0.25) is 5.78 Å². The Bertz CT molecular complexity index is 297. The summed E-state index contributed by atoms with van der Waals surface area (Å²) < 4.78 is 0. The van der Waals surface area contributed by atoms with Gasteiger partial charge in [0.15, 0.2) is 0 Å². The van der Waals surface area contributed by atoms with E-state index in [1.807, 2.05) is 0 Å². The molecule has 0 radical (unpaired) electrons. The van der Waals surface area contributed by atoms with Crippen LogP contribution in [0.5, 0.6) is 0 Å². The van der Waals surface area contributed by atoms with Crippen molar-refractivity contribution in [1.29, 1.82) is 5.53 Å². The third-order valence-electron chi connectivity index (χ3n) is 1.73. The Morgan fingerprint density at radius 1 is 1.07 bits per heavy atom. The third-order valence-corrected chi connectivity index (χ3v) is 1.73. The summed E-state index contributed by atoms with van der Waals surface area (Å²) in [7, 11) is 0. The van der Waals surface area contributed by atoms with E-state index < -0.39 is 29.4 Å². The second-order valence-electron chi connectivity index (χ2n) is 3.73. The van der Waals surface area contributed by atoms with Crippen LogP contribution in [0.1, 0.15) is 27.7 Å². The smallest absolute Gasteiger partial charge is 0.288 e. The summed E-state index contributed by atoms with van der Waals surface area (Å²) in [5.74, 6) is -3.41. The lowest BCUT2D eigenvalue weighted by molar-refractivity contribution is -0.154. The standard InChI is InChI=1S/C9H15N3O3/c1-5(2)7(13)9(15)12(11-10)8(14)6(3)4/h5-6,10H,1-4H3. The second-order valence-corrected chi connectivity index (χ2v) is 3.73. The zero-order valence-corrected chi connectivity index (χ0v) is 9.27. The minimum absolute atomic E-state index is 0.312. The molecule has 0 aromatic carbocycles. The van der Waals surface area contributed by atoms with Crippen molar-refractivity contribution >= 4 is 17.6 Å². The average molecular weight is 213 g/mol. The van der Waals surface area contributed by atoms with E-state index in [2.05, 4.69) is 5.22 Å². The summed E-state index contributed by atoms with van der Waals surface area (Å²) in [6.07, 6.45) is 0. The van der Waals surface area contributed by atoms with Gasteiger partial charge in [-0.1, -0.05) is 32.9 Å². The highest BCUT2D eigenvalue weighted by Gasteiger charge is 2.30. The highest BCUT2D eigenvalue weighted by Crippen LogP contribution is 2.06. The Morgan fingerprint density at radius 3 is 1.80 bits per heavy atom. The topological polar surface area (TPSA) is 90.7 Å². The number of Topliss-reactive ketones (excluding diaryl/α,β-unsaturated/α-hetero) is 1. The number of carbonyl (C=O) groups excluding carboxylic acids is 3. The summed E-state index contributed by atoms with van der Waals surface area (Å²) in [5.41, 5.74) is 6.71. The zero-order chi connectivity index (χ0) is 12.2. The number of carbonyl (C=O) groups is 3. The quantitative estimate of drug-likeness (QED) is 0.431. The molecule has 2 amide bonds. The van der Waals surface area contributed by atoms with E-state index in [1.165, 1.54) is 0 Å². The molecule has 0 aromatic rings. The average Bonchev–Trinajstić information content (AvgIpc) is 2.16. The van der Waals surface area contributed by atoms with Crippen LogP contribution < -0.4 is 0 Å². The van der Waals surface area contributed by atoms with Gasteiger partial charge in [-0.2, -0.15) is 5.53 Å². The first-order chi connectivity index (χ1) is 6.82. The fourth-order valence-electron chi connectivity index (χ4n) is 0.791. The minimum Gasteiger partial charge on any atom is -0.288 e. The molecule has 6 heteroatoms. The molecule has 0 aliphatic carbocycles. The maximum atomic E-state index is 11.4. The maximum absolute atomic E-state index is 11.4. The lowest BCUT2D eigenvalue weighted by Gasteiger charge is -2.15. The molecule has 0 saturated carbocycles. The number of hydrogen-bond acceptors (Lipinski definition) is 5. The van der Waals surface area contributed by atoms with Gasteiger partial charge in [-0.25, -0.2) is 0 Å². The summed E-state index contributed by atoms with van der Waals surface area (Å²) in [4.78, 5) is 34.1. The first-order valence-electron chi connectivity index (χ1n) is 4.62. The zero-order valence-electron chi connectivity index (χ0n) is 9.27. The van der Waals surface area contributed by atoms with Crippen molar-refractivity contribution < 1.29 is 14.4 Å². The summed E-state index contributed by atoms with van der Waals surface area (Å²) in [5, 5.41) is 3.09. The van der Waals surface area contributed by atoms with Gasteiger partial charge in [-0.05, 0) is 0 Å². The fraction of sp³-hybridized carbons (Fsp3) is 0.667. The van der Waals surface area contributed by atoms with Crippen LogP contribution in [0, 0.1) is 17.4 Å². The van der Waals surface area contributed by atoms with Gasteiger partial charge in [-0.15, -0.1) is 5.01 Å². The van der Waals surface area contributed by atoms with Crippen LogP contribution in [0.25, 0.3) is 0 Å². The molecule has 0 unspecified atom stereocenters. The van der Waals surface area contributed by atoms with Crippen molar-refractivity contribution in [3.05, 3.63) is 0 Å². The van der Waals surface area contributed by atoms with Gasteiger partial charge in [0.1, 0.15) is 0 Å². The third kappa shape index (κ3) is 3.23. The van der Waals surface area contributed by atoms with Crippen molar-refractivity contribution in [1.82, 2.24) is 5.01 Å². The number of hydrogen-bond donors (Lipinski definition) is 1. The maximum Gasteiger partial charge on any atom is 0.318 e. The molecule has 0 aromatic heterocycles. The van der Waals surface area contributed by atoms with Crippen LogP contribution in [-0.2, 0) is 14.4 Å². The van der Waals surface area contributed by atoms with E-state index in [0.29, 0.717) is 5.01 Å². The van der Waals surface area contributed by atoms with Crippen LogP contribution >= 0.6 is 0 Å². The molecule has 1 N–H and O–H groups in total. The van der Waals surface area contributed by atoms with E-state index in [9.17, 15) is 14.4 Å². The Kier molecular flexibility index (Phi) is 4.77. The largest absolute Gasteiger partial charge is 0.318 e. The molecular weight excluding hydrogens is 198 g/mol. The van der Waals surface area contributed by atoms with E-state index in [-0.39, 0.29) is 0 Å². The molecule has 0 aliphatic heterocycles. The van der Waals surface area contributed by atoms with E-state index in [4.69, 9.17) is 5.53 Å². The molecule has 0 heterocycles. The molecule has 0 spiro atoms. The summed E-state index contributed by atoms with van der Waals surface area (Å²) in [6.45, 7) is 6.21. The van der Waals surface area contributed by atoms with Crippen LogP contribution in [0.3, 0.4) is 0 Å². The molecular formula is C9H15N3O3. The van der Waals surface area contributed by atoms with Gasteiger partial charge < -0.3 is 0 Å². The SMILES string of the molecule is CC(C)C(=O)C(=O)N(N=N)C(=O)C(C)C. The lowest BCUT2D eigenvalue weighted by atomic mass is 10.1. The number of nitrogens with zero attached hydrogens (tertiary/aromatic N) is 2. The van der Waals surface area contributed by atoms with E-state index in [0.717, 1.165) is 0 Å². The molecule has 0 bridgehead atoms. The molecule has 84 valence electrons. The number of amides is 2. The van der Waals surface area contributed by atoms with Crippen LogP contribution in [0.4, 0.5) is 0 Å².